The van der Waals surface area contributed by atoms with Crippen molar-refractivity contribution in [3.8, 4) is 5.75 Å². The predicted molar refractivity (Wildman–Crippen MR) is 74.6 cm³/mol. The first kappa shape index (κ1) is 13.6. The van der Waals surface area contributed by atoms with Crippen LogP contribution in [0.5, 0.6) is 5.75 Å². The minimum atomic E-state index is -0.332. The second kappa shape index (κ2) is 6.34. The molecule has 0 aliphatic rings. The highest BCUT2D eigenvalue weighted by Gasteiger charge is 2.09. The molecule has 1 atom stereocenters. The van der Waals surface area contributed by atoms with E-state index in [9.17, 15) is 4.39 Å². The summed E-state index contributed by atoms with van der Waals surface area (Å²) >= 11 is 0. The molecule has 0 heterocycles. The summed E-state index contributed by atoms with van der Waals surface area (Å²) in [4.78, 5) is 0. The van der Waals surface area contributed by atoms with Gasteiger partial charge in [0.2, 0.25) is 0 Å². The fraction of sp³-hybridized carbons (Fsp3) is 0.250. The van der Waals surface area contributed by atoms with Gasteiger partial charge in [-0.3, -0.25) is 0 Å². The third-order valence-electron chi connectivity index (χ3n) is 3.13. The Morgan fingerprint density at radius 1 is 1.16 bits per heavy atom. The summed E-state index contributed by atoms with van der Waals surface area (Å²) in [5.41, 5.74) is 2.23. The highest BCUT2D eigenvalue weighted by atomic mass is 19.1. The van der Waals surface area contributed by atoms with Gasteiger partial charge in [-0.1, -0.05) is 36.4 Å². The molecule has 3 heteroatoms. The van der Waals surface area contributed by atoms with Gasteiger partial charge in [-0.2, -0.15) is 0 Å². The molecular weight excluding hydrogens is 241 g/mol. The smallest absolute Gasteiger partial charge is 0.165 e. The summed E-state index contributed by atoms with van der Waals surface area (Å²) in [5, 5.41) is 3.41. The molecule has 0 aliphatic heterocycles. The molecule has 1 N–H and O–H groups in total. The maximum Gasteiger partial charge on any atom is 0.165 e. The molecule has 100 valence electrons. The summed E-state index contributed by atoms with van der Waals surface area (Å²) in [6.07, 6.45) is 0. The van der Waals surface area contributed by atoms with E-state index in [1.54, 1.807) is 12.1 Å². The summed E-state index contributed by atoms with van der Waals surface area (Å²) in [5.74, 6) is -0.0487. The van der Waals surface area contributed by atoms with Gasteiger partial charge in [-0.25, -0.2) is 4.39 Å². The second-order valence-corrected chi connectivity index (χ2v) is 4.48. The molecule has 0 fully saturated rings. The number of hydrogen-bond donors (Lipinski definition) is 1. The molecule has 0 spiro atoms. The van der Waals surface area contributed by atoms with E-state index in [1.165, 1.54) is 18.7 Å². The van der Waals surface area contributed by atoms with Crippen LogP contribution in [0.4, 0.5) is 4.39 Å². The first-order valence-corrected chi connectivity index (χ1v) is 6.31. The normalized spacial score (nSPS) is 12.2. The molecular formula is C16H18FNO. The van der Waals surface area contributed by atoms with Crippen LogP contribution in [0, 0.1) is 5.82 Å². The number of nitrogens with one attached hydrogen (secondary N) is 1. The van der Waals surface area contributed by atoms with Crippen LogP contribution in [0.2, 0.25) is 0 Å². The fourth-order valence-corrected chi connectivity index (χ4v) is 1.93. The van der Waals surface area contributed by atoms with Crippen molar-refractivity contribution >= 4 is 0 Å². The number of hydrogen-bond acceptors (Lipinski definition) is 2. The van der Waals surface area contributed by atoms with Crippen molar-refractivity contribution in [2.45, 2.75) is 19.5 Å². The Morgan fingerprint density at radius 3 is 2.58 bits per heavy atom. The zero-order valence-electron chi connectivity index (χ0n) is 11.2. The largest absolute Gasteiger partial charge is 0.494 e. The molecule has 19 heavy (non-hydrogen) atoms. The average molecular weight is 259 g/mol. The highest BCUT2D eigenvalue weighted by molar-refractivity contribution is 5.32. The number of methoxy groups -OCH3 is 1. The maximum absolute atomic E-state index is 13.3. The van der Waals surface area contributed by atoms with Crippen LogP contribution in [0.1, 0.15) is 24.1 Å². The van der Waals surface area contributed by atoms with Gasteiger partial charge >= 0.3 is 0 Å². The quantitative estimate of drug-likeness (QED) is 0.884. The third kappa shape index (κ3) is 3.55. The van der Waals surface area contributed by atoms with E-state index in [1.807, 2.05) is 18.2 Å². The van der Waals surface area contributed by atoms with Crippen molar-refractivity contribution in [3.63, 3.8) is 0 Å². The lowest BCUT2D eigenvalue weighted by molar-refractivity contribution is 0.385. The standard InChI is InChI=1S/C16H18FNO/c1-12(18-11-13-6-4-3-5-7-13)14-8-9-15(17)16(10-14)19-2/h3-10,12,18H,11H2,1-2H3/t12-/m1/s1. The van der Waals surface area contributed by atoms with Crippen molar-refractivity contribution < 1.29 is 9.13 Å². The minimum absolute atomic E-state index is 0.134. The lowest BCUT2D eigenvalue weighted by atomic mass is 10.1. The van der Waals surface area contributed by atoms with Crippen LogP contribution in [0.25, 0.3) is 0 Å². The van der Waals surface area contributed by atoms with Gasteiger partial charge in [0.05, 0.1) is 7.11 Å². The summed E-state index contributed by atoms with van der Waals surface area (Å²) in [6, 6.07) is 15.3. The molecule has 2 rings (SSSR count). The molecule has 0 bridgehead atoms. The zero-order chi connectivity index (χ0) is 13.7. The van der Waals surface area contributed by atoms with Gasteiger partial charge in [0, 0.05) is 12.6 Å². The Labute approximate surface area is 113 Å². The second-order valence-electron chi connectivity index (χ2n) is 4.48. The van der Waals surface area contributed by atoms with Gasteiger partial charge in [-0.05, 0) is 30.2 Å². The Hall–Kier alpha value is -1.87. The van der Waals surface area contributed by atoms with Crippen LogP contribution < -0.4 is 10.1 Å². The fourth-order valence-electron chi connectivity index (χ4n) is 1.93. The molecule has 0 unspecified atom stereocenters. The van der Waals surface area contributed by atoms with Gasteiger partial charge in [0.15, 0.2) is 11.6 Å². The SMILES string of the molecule is COc1cc([C@@H](C)NCc2ccccc2)ccc1F. The summed E-state index contributed by atoms with van der Waals surface area (Å²) in [7, 11) is 1.48. The molecule has 2 aromatic carbocycles. The molecule has 0 amide bonds. The van der Waals surface area contributed by atoms with E-state index < -0.39 is 0 Å². The molecule has 0 radical (unpaired) electrons. The Balaban J connectivity index is 2.02. The van der Waals surface area contributed by atoms with E-state index in [4.69, 9.17) is 4.74 Å². The number of halogens is 1. The first-order chi connectivity index (χ1) is 9.20. The van der Waals surface area contributed by atoms with E-state index in [0.717, 1.165) is 12.1 Å². The molecule has 0 saturated carbocycles. The van der Waals surface area contributed by atoms with Gasteiger partial charge in [0.25, 0.3) is 0 Å². The lowest BCUT2D eigenvalue weighted by Gasteiger charge is -2.15. The average Bonchev–Trinajstić information content (AvgIpc) is 2.46. The minimum Gasteiger partial charge on any atom is -0.494 e. The van der Waals surface area contributed by atoms with E-state index >= 15 is 0 Å². The van der Waals surface area contributed by atoms with Crippen molar-refractivity contribution in [1.82, 2.24) is 5.32 Å². The molecule has 0 aromatic heterocycles. The molecule has 0 aliphatic carbocycles. The van der Waals surface area contributed by atoms with Crippen molar-refractivity contribution in [3.05, 3.63) is 65.5 Å². The predicted octanol–water partition coefficient (Wildman–Crippen LogP) is 3.69. The lowest BCUT2D eigenvalue weighted by Crippen LogP contribution is -2.18. The Morgan fingerprint density at radius 2 is 1.89 bits per heavy atom. The van der Waals surface area contributed by atoms with Crippen LogP contribution in [-0.2, 0) is 6.54 Å². The number of rotatable bonds is 5. The van der Waals surface area contributed by atoms with Crippen LogP contribution in [0.15, 0.2) is 48.5 Å². The number of ether oxygens (including phenoxy) is 1. The van der Waals surface area contributed by atoms with Crippen molar-refractivity contribution in [2.75, 3.05) is 7.11 Å². The first-order valence-electron chi connectivity index (χ1n) is 6.31. The summed E-state index contributed by atoms with van der Waals surface area (Å²) < 4.78 is 18.3. The summed E-state index contributed by atoms with van der Waals surface area (Å²) in [6.45, 7) is 2.83. The van der Waals surface area contributed by atoms with Crippen LogP contribution in [-0.4, -0.2) is 7.11 Å². The Kier molecular flexibility index (Phi) is 4.53. The van der Waals surface area contributed by atoms with Gasteiger partial charge in [-0.15, -0.1) is 0 Å². The monoisotopic (exact) mass is 259 g/mol. The van der Waals surface area contributed by atoms with E-state index in [0.29, 0.717) is 0 Å². The van der Waals surface area contributed by atoms with Gasteiger partial charge < -0.3 is 10.1 Å². The number of benzene rings is 2. The molecule has 2 aromatic rings. The van der Waals surface area contributed by atoms with E-state index in [-0.39, 0.29) is 17.6 Å². The van der Waals surface area contributed by atoms with Crippen LogP contribution >= 0.6 is 0 Å². The van der Waals surface area contributed by atoms with Crippen LogP contribution in [0.3, 0.4) is 0 Å². The van der Waals surface area contributed by atoms with E-state index in [2.05, 4.69) is 24.4 Å². The molecule has 0 saturated heterocycles. The Bertz CT molecular complexity index is 528. The molecule has 2 nitrogen and oxygen atoms in total. The van der Waals surface area contributed by atoms with Gasteiger partial charge in [0.1, 0.15) is 0 Å². The maximum atomic E-state index is 13.3. The third-order valence-corrected chi connectivity index (χ3v) is 3.13. The van der Waals surface area contributed by atoms with Crippen molar-refractivity contribution in [2.24, 2.45) is 0 Å². The zero-order valence-corrected chi connectivity index (χ0v) is 11.2. The van der Waals surface area contributed by atoms with Crippen molar-refractivity contribution in [1.29, 1.82) is 0 Å². The highest BCUT2D eigenvalue weighted by Crippen LogP contribution is 2.22. The topological polar surface area (TPSA) is 21.3 Å².